The van der Waals surface area contributed by atoms with Crippen LogP contribution < -0.4 is 5.32 Å². The zero-order valence-corrected chi connectivity index (χ0v) is 49.7. The molecule has 2 aromatic carbocycles. The first-order valence-electron chi connectivity index (χ1n) is 31.4. The Labute approximate surface area is 473 Å². The molecule has 0 unspecified atom stereocenters. The molecule has 2 aromatic rings. The third-order valence-corrected chi connectivity index (χ3v) is 15.1. The number of rotatable bonds is 49. The molecule has 0 aromatic heterocycles. The molecular weight excluding hydrogens is 983 g/mol. The summed E-state index contributed by atoms with van der Waals surface area (Å²) in [6, 6.07) is 19.4. The Morgan fingerprint density at radius 2 is 0.949 bits per heavy atom. The Morgan fingerprint density at radius 1 is 0.526 bits per heavy atom. The van der Waals surface area contributed by atoms with Crippen molar-refractivity contribution in [3.05, 3.63) is 71.8 Å². The number of hydrogen-bond donors (Lipinski definition) is 1. The molecule has 1 N–H and O–H groups in total. The van der Waals surface area contributed by atoms with Gasteiger partial charge in [0, 0.05) is 33.6 Å². The highest BCUT2D eigenvalue weighted by Gasteiger charge is 2.45. The van der Waals surface area contributed by atoms with Crippen molar-refractivity contribution in [2.75, 3.05) is 13.2 Å². The number of hydrogen-bond acceptors (Lipinski definition) is 11. The Bertz CT molecular complexity index is 1780. The summed E-state index contributed by atoms with van der Waals surface area (Å²) in [6.07, 6.45) is 35.2. The van der Waals surface area contributed by atoms with Gasteiger partial charge in [0.2, 0.25) is 5.91 Å². The molecule has 1 aliphatic rings. The maximum Gasteiger partial charge on any atom is 0.303 e. The van der Waals surface area contributed by atoms with E-state index in [9.17, 15) is 19.2 Å². The minimum absolute atomic E-state index is 0.0243. The van der Waals surface area contributed by atoms with E-state index >= 15 is 0 Å². The van der Waals surface area contributed by atoms with E-state index in [1.807, 2.05) is 48.5 Å². The summed E-state index contributed by atoms with van der Waals surface area (Å²) < 4.78 is 43.5. The van der Waals surface area contributed by atoms with Crippen molar-refractivity contribution in [2.45, 2.75) is 309 Å². The lowest BCUT2D eigenvalue weighted by atomic mass is 9.98. The quantitative estimate of drug-likeness (QED) is 0.0384. The number of nitrogens with one attached hydrogen (secondary N) is 1. The largest absolute Gasteiger partial charge is 0.463 e. The lowest BCUT2D eigenvalue weighted by Gasteiger charge is -2.41. The average Bonchev–Trinajstić information content (AvgIpc) is 3.46. The maximum absolute atomic E-state index is 14.2. The van der Waals surface area contributed by atoms with Crippen LogP contribution in [0.5, 0.6) is 0 Å². The third kappa shape index (κ3) is 34.3. The summed E-state index contributed by atoms with van der Waals surface area (Å²) in [4.78, 5) is 50.9. The van der Waals surface area contributed by atoms with E-state index in [0.717, 1.165) is 49.7 Å². The fraction of sp³-hybridized carbons (Fsp3) is 0.758. The van der Waals surface area contributed by atoms with E-state index in [0.29, 0.717) is 19.4 Å². The van der Waals surface area contributed by atoms with Gasteiger partial charge in [-0.1, -0.05) is 267 Å². The van der Waals surface area contributed by atoms with Crippen LogP contribution >= 0.6 is 0 Å². The first kappa shape index (κ1) is 68.4. The van der Waals surface area contributed by atoms with Gasteiger partial charge in [-0.05, 0) is 24.0 Å². The van der Waals surface area contributed by atoms with E-state index in [1.165, 1.54) is 181 Å². The van der Waals surface area contributed by atoms with Crippen LogP contribution in [-0.2, 0) is 65.5 Å². The minimum atomic E-state index is -1.05. The summed E-state index contributed by atoms with van der Waals surface area (Å²) in [5.41, 5.74) is 2.02. The second kappa shape index (κ2) is 45.8. The molecule has 1 heterocycles. The summed E-state index contributed by atoms with van der Waals surface area (Å²) in [5.74, 6) is -1.82. The molecule has 444 valence electrons. The van der Waals surface area contributed by atoms with Crippen molar-refractivity contribution in [1.82, 2.24) is 5.32 Å². The summed E-state index contributed by atoms with van der Waals surface area (Å²) in [5, 5.41) is 3.36. The smallest absolute Gasteiger partial charge is 0.303 e. The molecule has 3 rings (SSSR count). The number of carbonyl (C=O) groups excluding carboxylic acids is 4. The van der Waals surface area contributed by atoms with E-state index < -0.39 is 60.8 Å². The number of unbranched alkanes of at least 4 members (excludes halogenated alkanes) is 29. The van der Waals surface area contributed by atoms with Crippen molar-refractivity contribution < 1.29 is 52.3 Å². The van der Waals surface area contributed by atoms with Crippen LogP contribution in [0.4, 0.5) is 0 Å². The fourth-order valence-electron chi connectivity index (χ4n) is 10.6. The second-order valence-corrected chi connectivity index (χ2v) is 22.3. The normalized spacial score (nSPS) is 17.5. The summed E-state index contributed by atoms with van der Waals surface area (Å²) in [6.45, 7) is 8.70. The summed E-state index contributed by atoms with van der Waals surface area (Å²) >= 11 is 0. The highest BCUT2D eigenvalue weighted by Crippen LogP contribution is 2.29. The lowest BCUT2D eigenvalue weighted by molar-refractivity contribution is -0.269. The molecule has 1 saturated heterocycles. The number of benzene rings is 2. The first-order chi connectivity index (χ1) is 38.1. The molecule has 0 saturated carbocycles. The van der Waals surface area contributed by atoms with Crippen LogP contribution in [0.2, 0.25) is 0 Å². The number of carbonyl (C=O) groups is 4. The van der Waals surface area contributed by atoms with Gasteiger partial charge in [0.05, 0.1) is 32.0 Å². The zero-order chi connectivity index (χ0) is 56.1. The van der Waals surface area contributed by atoms with Crippen LogP contribution in [0.15, 0.2) is 60.7 Å². The number of esters is 3. The van der Waals surface area contributed by atoms with Crippen LogP contribution in [0.1, 0.15) is 264 Å². The Balaban J connectivity index is 1.73. The van der Waals surface area contributed by atoms with Crippen LogP contribution in [0.3, 0.4) is 0 Å². The van der Waals surface area contributed by atoms with Gasteiger partial charge >= 0.3 is 17.9 Å². The van der Waals surface area contributed by atoms with Gasteiger partial charge in [0.1, 0.15) is 24.9 Å². The highest BCUT2D eigenvalue weighted by atomic mass is 16.7. The fourth-order valence-corrected chi connectivity index (χ4v) is 10.6. The van der Waals surface area contributed by atoms with Gasteiger partial charge in [0.25, 0.3) is 0 Å². The summed E-state index contributed by atoms with van der Waals surface area (Å²) in [7, 11) is 0. The minimum Gasteiger partial charge on any atom is -0.463 e. The molecular formula is C66H109NO11. The van der Waals surface area contributed by atoms with Crippen molar-refractivity contribution >= 4 is 23.8 Å². The van der Waals surface area contributed by atoms with Crippen molar-refractivity contribution in [3.8, 4) is 0 Å². The standard InChI is InChI=1S/C66H109NO11/c1-6-8-10-12-14-16-18-20-21-22-23-24-25-26-28-30-32-34-42-48-63(71)67-59(52-74-64-49-61(76-55(4)69)66(77-56(5)70)62(78-64)53-72-54(3)68)65(75-51-58-45-39-36-40-46-58)60(73-50-57-43-37-35-38-44-57)47-41-33-31-29-27-19-17-15-13-11-9-7-2/h35-40,43-46,59-62,64-66H,6-34,41-42,47-53H2,1-5H3,(H,67,71)/t59-,60+,61+,62+,64-,65-,66+/m0/s1. The zero-order valence-electron chi connectivity index (χ0n) is 49.7. The van der Waals surface area contributed by atoms with Gasteiger partial charge in [-0.15, -0.1) is 0 Å². The molecule has 0 radical (unpaired) electrons. The molecule has 0 spiro atoms. The average molecular weight is 1090 g/mol. The van der Waals surface area contributed by atoms with Gasteiger partial charge < -0.3 is 38.5 Å². The molecule has 7 atom stereocenters. The monoisotopic (exact) mass is 1090 g/mol. The van der Waals surface area contributed by atoms with Gasteiger partial charge in [-0.25, -0.2) is 0 Å². The van der Waals surface area contributed by atoms with Gasteiger partial charge in [-0.3, -0.25) is 19.2 Å². The van der Waals surface area contributed by atoms with Crippen LogP contribution in [0, 0.1) is 0 Å². The van der Waals surface area contributed by atoms with E-state index in [2.05, 4.69) is 31.3 Å². The predicted molar refractivity (Wildman–Crippen MR) is 313 cm³/mol. The van der Waals surface area contributed by atoms with Crippen molar-refractivity contribution in [1.29, 1.82) is 0 Å². The molecule has 0 bridgehead atoms. The van der Waals surface area contributed by atoms with Crippen LogP contribution in [-0.4, -0.2) is 79.9 Å². The molecule has 12 nitrogen and oxygen atoms in total. The molecule has 1 fully saturated rings. The topological polar surface area (TPSA) is 145 Å². The van der Waals surface area contributed by atoms with E-state index in [4.69, 9.17) is 33.2 Å². The lowest BCUT2D eigenvalue weighted by Crippen LogP contribution is -2.56. The van der Waals surface area contributed by atoms with E-state index in [-0.39, 0.29) is 32.1 Å². The molecule has 78 heavy (non-hydrogen) atoms. The third-order valence-electron chi connectivity index (χ3n) is 15.1. The first-order valence-corrected chi connectivity index (χ1v) is 31.4. The molecule has 1 amide bonds. The number of ether oxygens (including phenoxy) is 7. The van der Waals surface area contributed by atoms with Crippen LogP contribution in [0.25, 0.3) is 0 Å². The molecule has 12 heteroatoms. The van der Waals surface area contributed by atoms with Crippen molar-refractivity contribution in [2.24, 2.45) is 0 Å². The van der Waals surface area contributed by atoms with Gasteiger partial charge in [0.15, 0.2) is 12.4 Å². The highest BCUT2D eigenvalue weighted by molar-refractivity contribution is 5.76. The molecule has 0 aliphatic carbocycles. The Kier molecular flexibility index (Phi) is 40.2. The van der Waals surface area contributed by atoms with E-state index in [1.54, 1.807) is 0 Å². The second-order valence-electron chi connectivity index (χ2n) is 22.3. The Morgan fingerprint density at radius 3 is 1.38 bits per heavy atom. The SMILES string of the molecule is CCCCCCCCCCCCCCCCCCCCCC(=O)N[C@@H](CO[C@@H]1C[C@@H](OC(C)=O)[C@@H](OC(C)=O)[C@@H](COC(C)=O)O1)[C@H](OCc1ccccc1)[C@@H](CCCCCCCCCCCCCC)OCc1ccccc1. The number of amides is 1. The predicted octanol–water partition coefficient (Wildman–Crippen LogP) is 16.1. The maximum atomic E-state index is 14.2. The van der Waals surface area contributed by atoms with Crippen molar-refractivity contribution in [3.63, 3.8) is 0 Å². The molecule has 1 aliphatic heterocycles. The Hall–Kier alpha value is -3.84. The van der Waals surface area contributed by atoms with Gasteiger partial charge in [-0.2, -0.15) is 0 Å².